The van der Waals surface area contributed by atoms with Gasteiger partial charge in [0.25, 0.3) is 0 Å². The van der Waals surface area contributed by atoms with Gasteiger partial charge >= 0.3 is 0 Å². The predicted molar refractivity (Wildman–Crippen MR) is 73.9 cm³/mol. The molecule has 0 N–H and O–H groups in total. The van der Waals surface area contributed by atoms with Crippen LogP contribution in [0.2, 0.25) is 0 Å². The van der Waals surface area contributed by atoms with Gasteiger partial charge in [-0.15, -0.1) is 0 Å². The summed E-state index contributed by atoms with van der Waals surface area (Å²) in [5.74, 6) is 1.13. The Balaban J connectivity index is 2.71. The highest BCUT2D eigenvalue weighted by Crippen LogP contribution is 2.41. The lowest BCUT2D eigenvalue weighted by Gasteiger charge is -2.36. The van der Waals surface area contributed by atoms with Gasteiger partial charge in [0.2, 0.25) is 0 Å². The molecule has 0 radical (unpaired) electrons. The highest BCUT2D eigenvalue weighted by Gasteiger charge is 2.30. The van der Waals surface area contributed by atoms with Crippen LogP contribution in [0.15, 0.2) is 23.8 Å². The van der Waals surface area contributed by atoms with E-state index in [1.165, 1.54) is 18.4 Å². The van der Waals surface area contributed by atoms with E-state index in [4.69, 9.17) is 0 Å². The molecular formula is C16H26O. The minimum absolute atomic E-state index is 0.258. The maximum atomic E-state index is 11.7. The molecular weight excluding hydrogens is 208 g/mol. The molecule has 1 nitrogen and oxygen atoms in total. The first kappa shape index (κ1) is 14.2. The van der Waals surface area contributed by atoms with Gasteiger partial charge in [-0.2, -0.15) is 0 Å². The van der Waals surface area contributed by atoms with E-state index in [1.54, 1.807) is 6.08 Å². The number of carbonyl (C=O) groups excluding carboxylic acids is 1. The molecule has 0 unspecified atom stereocenters. The van der Waals surface area contributed by atoms with Crippen LogP contribution in [0.25, 0.3) is 0 Å². The van der Waals surface area contributed by atoms with Gasteiger partial charge in [0.15, 0.2) is 5.78 Å². The number of hydrogen-bond donors (Lipinski definition) is 0. The summed E-state index contributed by atoms with van der Waals surface area (Å²) in [6.07, 6.45) is 9.27. The molecule has 0 heterocycles. The normalized spacial score (nSPS) is 24.1. The van der Waals surface area contributed by atoms with Crippen molar-refractivity contribution in [2.24, 2.45) is 17.3 Å². The smallest absolute Gasteiger partial charge is 0.155 e. The van der Waals surface area contributed by atoms with Crippen molar-refractivity contribution in [2.45, 2.75) is 53.9 Å². The molecule has 0 spiro atoms. The first-order chi connectivity index (χ1) is 7.83. The number of ketones is 1. The third kappa shape index (κ3) is 4.14. The van der Waals surface area contributed by atoms with Crippen molar-refractivity contribution < 1.29 is 4.79 Å². The van der Waals surface area contributed by atoms with Gasteiger partial charge in [-0.25, -0.2) is 0 Å². The maximum Gasteiger partial charge on any atom is 0.155 e. The average molecular weight is 234 g/mol. The molecule has 96 valence electrons. The van der Waals surface area contributed by atoms with Crippen molar-refractivity contribution in [1.82, 2.24) is 0 Å². The Morgan fingerprint density at radius 2 is 2.18 bits per heavy atom. The Morgan fingerprint density at radius 3 is 2.71 bits per heavy atom. The number of allylic oxidation sites excluding steroid dienone is 4. The van der Waals surface area contributed by atoms with Crippen LogP contribution in [0, 0.1) is 17.3 Å². The van der Waals surface area contributed by atoms with Crippen molar-refractivity contribution >= 4 is 5.78 Å². The Labute approximate surface area is 106 Å². The zero-order valence-corrected chi connectivity index (χ0v) is 11.9. The monoisotopic (exact) mass is 234 g/mol. The lowest BCUT2D eigenvalue weighted by molar-refractivity contribution is -0.115. The average Bonchev–Trinajstić information content (AvgIpc) is 2.14. The fourth-order valence-corrected chi connectivity index (χ4v) is 2.66. The summed E-state index contributed by atoms with van der Waals surface area (Å²) in [4.78, 5) is 11.7. The third-order valence-electron chi connectivity index (χ3n) is 3.67. The van der Waals surface area contributed by atoms with Crippen molar-refractivity contribution in [3.8, 4) is 0 Å². The van der Waals surface area contributed by atoms with E-state index in [0.29, 0.717) is 18.3 Å². The van der Waals surface area contributed by atoms with Crippen molar-refractivity contribution in [3.05, 3.63) is 23.8 Å². The summed E-state index contributed by atoms with van der Waals surface area (Å²) < 4.78 is 0. The molecule has 0 saturated heterocycles. The van der Waals surface area contributed by atoms with E-state index in [0.717, 1.165) is 0 Å². The Hall–Kier alpha value is -0.850. The molecule has 0 aromatic heterocycles. The minimum atomic E-state index is 0.258. The largest absolute Gasteiger partial charge is 0.295 e. The SMILES string of the molecule is CC1=CCCC(C)(C)[C@H]1/C=C/C(=O)CC(C)C. The van der Waals surface area contributed by atoms with Crippen LogP contribution >= 0.6 is 0 Å². The maximum absolute atomic E-state index is 11.7. The Bertz CT molecular complexity index is 331. The van der Waals surface area contributed by atoms with E-state index < -0.39 is 0 Å². The Morgan fingerprint density at radius 1 is 1.53 bits per heavy atom. The van der Waals surface area contributed by atoms with E-state index in [-0.39, 0.29) is 11.2 Å². The second kappa shape index (κ2) is 5.66. The molecule has 1 heteroatoms. The summed E-state index contributed by atoms with van der Waals surface area (Å²) in [5, 5.41) is 0. The topological polar surface area (TPSA) is 17.1 Å². The third-order valence-corrected chi connectivity index (χ3v) is 3.67. The van der Waals surface area contributed by atoms with Crippen LogP contribution in [0.4, 0.5) is 0 Å². The highest BCUT2D eigenvalue weighted by molar-refractivity contribution is 5.89. The second-order valence-electron chi connectivity index (χ2n) is 6.38. The van der Waals surface area contributed by atoms with Gasteiger partial charge in [0.1, 0.15) is 0 Å². The summed E-state index contributed by atoms with van der Waals surface area (Å²) in [6.45, 7) is 10.9. The number of hydrogen-bond acceptors (Lipinski definition) is 1. The fourth-order valence-electron chi connectivity index (χ4n) is 2.66. The highest BCUT2D eigenvalue weighted by atomic mass is 16.1. The van der Waals surface area contributed by atoms with Gasteiger partial charge in [-0.1, -0.05) is 45.4 Å². The van der Waals surface area contributed by atoms with E-state index in [2.05, 4.69) is 46.8 Å². The van der Waals surface area contributed by atoms with Crippen LogP contribution in [-0.2, 0) is 4.79 Å². The molecule has 0 bridgehead atoms. The zero-order chi connectivity index (χ0) is 13.1. The molecule has 1 aliphatic carbocycles. The van der Waals surface area contributed by atoms with Crippen LogP contribution in [0.1, 0.15) is 53.9 Å². The summed E-state index contributed by atoms with van der Waals surface area (Å²) in [5.41, 5.74) is 1.70. The first-order valence-corrected chi connectivity index (χ1v) is 6.70. The van der Waals surface area contributed by atoms with Crippen molar-refractivity contribution in [2.75, 3.05) is 0 Å². The van der Waals surface area contributed by atoms with E-state index in [9.17, 15) is 4.79 Å². The van der Waals surface area contributed by atoms with Gasteiger partial charge in [0, 0.05) is 12.3 Å². The lowest BCUT2D eigenvalue weighted by Crippen LogP contribution is -2.26. The Kier molecular flexibility index (Phi) is 4.73. The van der Waals surface area contributed by atoms with E-state index >= 15 is 0 Å². The van der Waals surface area contributed by atoms with Gasteiger partial charge < -0.3 is 0 Å². The second-order valence-corrected chi connectivity index (χ2v) is 6.38. The zero-order valence-electron chi connectivity index (χ0n) is 11.9. The molecule has 0 aromatic rings. The van der Waals surface area contributed by atoms with Crippen molar-refractivity contribution in [3.63, 3.8) is 0 Å². The molecule has 17 heavy (non-hydrogen) atoms. The quantitative estimate of drug-likeness (QED) is 0.515. The standard InChI is InChI=1S/C16H26O/c1-12(2)11-14(17)8-9-15-13(3)7-6-10-16(15,4)5/h7-9,12,15H,6,10-11H2,1-5H3/b9-8+/t15-/m0/s1. The van der Waals surface area contributed by atoms with Crippen molar-refractivity contribution in [1.29, 1.82) is 0 Å². The summed E-state index contributed by atoms with van der Waals surface area (Å²) >= 11 is 0. The molecule has 0 amide bonds. The predicted octanol–water partition coefficient (Wildman–Crippen LogP) is 4.54. The number of rotatable bonds is 4. The number of carbonyl (C=O) groups is 1. The summed E-state index contributed by atoms with van der Waals surface area (Å²) in [6, 6.07) is 0. The molecule has 1 atom stereocenters. The van der Waals surface area contributed by atoms with E-state index in [1.807, 2.05) is 0 Å². The van der Waals surface area contributed by atoms with Gasteiger partial charge in [-0.3, -0.25) is 4.79 Å². The summed E-state index contributed by atoms with van der Waals surface area (Å²) in [7, 11) is 0. The molecule has 0 fully saturated rings. The fraction of sp³-hybridized carbons (Fsp3) is 0.688. The van der Waals surface area contributed by atoms with Gasteiger partial charge in [-0.05, 0) is 37.2 Å². The van der Waals surface area contributed by atoms with Gasteiger partial charge in [0.05, 0.1) is 0 Å². The van der Waals surface area contributed by atoms with Crippen LogP contribution in [0.5, 0.6) is 0 Å². The lowest BCUT2D eigenvalue weighted by atomic mass is 9.68. The minimum Gasteiger partial charge on any atom is -0.295 e. The molecule has 0 saturated carbocycles. The first-order valence-electron chi connectivity index (χ1n) is 6.70. The molecule has 0 aromatic carbocycles. The molecule has 1 rings (SSSR count). The van der Waals surface area contributed by atoms with Crippen LogP contribution in [0.3, 0.4) is 0 Å². The molecule has 0 aliphatic heterocycles. The van der Waals surface area contributed by atoms with Crippen LogP contribution in [-0.4, -0.2) is 5.78 Å². The molecule has 1 aliphatic rings. The van der Waals surface area contributed by atoms with Crippen LogP contribution < -0.4 is 0 Å².